The minimum absolute atomic E-state index is 0.00197. The predicted molar refractivity (Wildman–Crippen MR) is 95.6 cm³/mol. The van der Waals surface area contributed by atoms with Gasteiger partial charge in [-0.15, -0.1) is 0 Å². The van der Waals surface area contributed by atoms with Crippen LogP contribution in [0.15, 0.2) is 24.3 Å². The van der Waals surface area contributed by atoms with Gasteiger partial charge in [0.2, 0.25) is 5.91 Å². The number of benzene rings is 1. The minimum Gasteiger partial charge on any atom is -0.484 e. The summed E-state index contributed by atoms with van der Waals surface area (Å²) in [6.45, 7) is 3.56. The number of rotatable bonds is 8. The molecule has 2 amide bonds. The quantitative estimate of drug-likeness (QED) is 0.777. The molecule has 0 unspecified atom stereocenters. The molecule has 1 N–H and O–H groups in total. The number of carbonyl (C=O) groups excluding carboxylic acids is 2. The van der Waals surface area contributed by atoms with Gasteiger partial charge in [-0.2, -0.15) is 0 Å². The van der Waals surface area contributed by atoms with E-state index in [1.54, 1.807) is 4.90 Å². The van der Waals surface area contributed by atoms with Crippen LogP contribution in [0.4, 0.5) is 0 Å². The first-order valence-corrected chi connectivity index (χ1v) is 8.90. The molecule has 1 heterocycles. The SMILES string of the molecule is CCCc1ccc(OCC(=O)NC2CCN(C(=O)COC)CC2)cc1. The fraction of sp³-hybridized carbons (Fsp3) is 0.579. The average Bonchev–Trinajstić information content (AvgIpc) is 2.62. The van der Waals surface area contributed by atoms with Gasteiger partial charge in [-0.1, -0.05) is 25.5 Å². The third-order valence-electron chi connectivity index (χ3n) is 4.31. The number of ether oxygens (including phenoxy) is 2. The van der Waals surface area contributed by atoms with Crippen LogP contribution in [-0.2, 0) is 20.7 Å². The monoisotopic (exact) mass is 348 g/mol. The summed E-state index contributed by atoms with van der Waals surface area (Å²) < 4.78 is 10.4. The summed E-state index contributed by atoms with van der Waals surface area (Å²) in [6.07, 6.45) is 3.67. The third-order valence-corrected chi connectivity index (χ3v) is 4.31. The van der Waals surface area contributed by atoms with Crippen LogP contribution in [0.25, 0.3) is 0 Å². The van der Waals surface area contributed by atoms with E-state index >= 15 is 0 Å². The highest BCUT2D eigenvalue weighted by Crippen LogP contribution is 2.14. The number of piperidine rings is 1. The Morgan fingerprint density at radius 1 is 1.16 bits per heavy atom. The predicted octanol–water partition coefficient (Wildman–Crippen LogP) is 1.77. The molecule has 0 aromatic heterocycles. The van der Waals surface area contributed by atoms with Crippen molar-refractivity contribution in [3.05, 3.63) is 29.8 Å². The molecular weight excluding hydrogens is 320 g/mol. The zero-order valence-electron chi connectivity index (χ0n) is 15.1. The van der Waals surface area contributed by atoms with Crippen LogP contribution in [0.1, 0.15) is 31.7 Å². The number of nitrogens with zero attached hydrogens (tertiary/aromatic N) is 1. The summed E-state index contributed by atoms with van der Waals surface area (Å²) in [4.78, 5) is 25.6. The van der Waals surface area contributed by atoms with E-state index in [0.717, 1.165) is 25.7 Å². The number of aryl methyl sites for hydroxylation is 1. The van der Waals surface area contributed by atoms with Crippen LogP contribution in [0.2, 0.25) is 0 Å². The maximum atomic E-state index is 12.0. The number of hydrogen-bond donors (Lipinski definition) is 1. The van der Waals surface area contributed by atoms with Gasteiger partial charge in [0.15, 0.2) is 6.61 Å². The molecule has 0 aliphatic carbocycles. The Labute approximate surface area is 149 Å². The smallest absolute Gasteiger partial charge is 0.258 e. The second-order valence-corrected chi connectivity index (χ2v) is 6.34. The van der Waals surface area contributed by atoms with Crippen molar-refractivity contribution in [3.8, 4) is 5.75 Å². The van der Waals surface area contributed by atoms with Crippen LogP contribution in [0.5, 0.6) is 5.75 Å². The molecule has 0 saturated carbocycles. The molecule has 0 atom stereocenters. The molecule has 6 nitrogen and oxygen atoms in total. The van der Waals surface area contributed by atoms with Crippen molar-refractivity contribution < 1.29 is 19.1 Å². The van der Waals surface area contributed by atoms with Crippen LogP contribution in [-0.4, -0.2) is 56.2 Å². The van der Waals surface area contributed by atoms with Crippen molar-refractivity contribution in [2.24, 2.45) is 0 Å². The lowest BCUT2D eigenvalue weighted by Gasteiger charge is -2.32. The maximum Gasteiger partial charge on any atom is 0.258 e. The molecule has 1 aliphatic rings. The van der Waals surface area contributed by atoms with Crippen molar-refractivity contribution in [2.45, 2.75) is 38.6 Å². The number of nitrogens with one attached hydrogen (secondary N) is 1. The zero-order valence-corrected chi connectivity index (χ0v) is 15.1. The van der Waals surface area contributed by atoms with E-state index in [1.165, 1.54) is 12.7 Å². The van der Waals surface area contributed by atoms with E-state index in [4.69, 9.17) is 9.47 Å². The summed E-state index contributed by atoms with van der Waals surface area (Å²) in [5.74, 6) is 0.580. The van der Waals surface area contributed by atoms with Crippen LogP contribution >= 0.6 is 0 Å². The van der Waals surface area contributed by atoms with Gasteiger partial charge in [0.25, 0.3) is 5.91 Å². The lowest BCUT2D eigenvalue weighted by Crippen LogP contribution is -2.48. The molecule has 25 heavy (non-hydrogen) atoms. The van der Waals surface area contributed by atoms with E-state index < -0.39 is 0 Å². The fourth-order valence-electron chi connectivity index (χ4n) is 2.95. The van der Waals surface area contributed by atoms with Gasteiger partial charge in [-0.25, -0.2) is 0 Å². The molecule has 0 radical (unpaired) electrons. The summed E-state index contributed by atoms with van der Waals surface area (Å²) in [7, 11) is 1.52. The second-order valence-electron chi connectivity index (χ2n) is 6.34. The first kappa shape index (κ1) is 19.2. The normalized spacial score (nSPS) is 15.0. The summed E-state index contributed by atoms with van der Waals surface area (Å²) >= 11 is 0. The van der Waals surface area contributed by atoms with Crippen LogP contribution < -0.4 is 10.1 Å². The van der Waals surface area contributed by atoms with Crippen molar-refractivity contribution >= 4 is 11.8 Å². The van der Waals surface area contributed by atoms with Crippen LogP contribution in [0.3, 0.4) is 0 Å². The molecule has 138 valence electrons. The van der Waals surface area contributed by atoms with E-state index in [2.05, 4.69) is 12.2 Å². The maximum absolute atomic E-state index is 12.0. The first-order chi connectivity index (χ1) is 12.1. The van der Waals surface area contributed by atoms with Crippen molar-refractivity contribution in [2.75, 3.05) is 33.4 Å². The Bertz CT molecular complexity index is 551. The van der Waals surface area contributed by atoms with E-state index in [1.807, 2.05) is 24.3 Å². The number of amides is 2. The van der Waals surface area contributed by atoms with Gasteiger partial charge in [-0.05, 0) is 37.0 Å². The summed E-state index contributed by atoms with van der Waals surface area (Å²) in [6, 6.07) is 7.96. The standard InChI is InChI=1S/C19H28N2O4/c1-3-4-15-5-7-17(8-6-15)25-13-18(22)20-16-9-11-21(12-10-16)19(23)14-24-2/h5-8,16H,3-4,9-14H2,1-2H3,(H,20,22). The number of carbonyl (C=O) groups is 2. The third kappa shape index (κ3) is 6.38. The molecule has 0 spiro atoms. The Hall–Kier alpha value is -2.08. The van der Waals surface area contributed by atoms with Gasteiger partial charge in [-0.3, -0.25) is 9.59 Å². The van der Waals surface area contributed by atoms with Gasteiger partial charge in [0.1, 0.15) is 12.4 Å². The molecule has 1 aliphatic heterocycles. The Kier molecular flexibility index (Phi) is 7.73. The lowest BCUT2D eigenvalue weighted by atomic mass is 10.1. The summed E-state index contributed by atoms with van der Waals surface area (Å²) in [5, 5.41) is 2.98. The highest BCUT2D eigenvalue weighted by atomic mass is 16.5. The Balaban J connectivity index is 1.68. The van der Waals surface area contributed by atoms with Crippen molar-refractivity contribution in [1.82, 2.24) is 10.2 Å². The zero-order chi connectivity index (χ0) is 18.1. The largest absolute Gasteiger partial charge is 0.484 e. The Morgan fingerprint density at radius 2 is 1.84 bits per heavy atom. The fourth-order valence-corrected chi connectivity index (χ4v) is 2.95. The highest BCUT2D eigenvalue weighted by Gasteiger charge is 2.23. The van der Waals surface area contributed by atoms with E-state index in [-0.39, 0.29) is 31.1 Å². The summed E-state index contributed by atoms with van der Waals surface area (Å²) in [5.41, 5.74) is 1.27. The van der Waals surface area contributed by atoms with Gasteiger partial charge >= 0.3 is 0 Å². The average molecular weight is 348 g/mol. The van der Waals surface area contributed by atoms with Crippen molar-refractivity contribution in [3.63, 3.8) is 0 Å². The van der Waals surface area contributed by atoms with E-state index in [0.29, 0.717) is 18.8 Å². The topological polar surface area (TPSA) is 67.9 Å². The van der Waals surface area contributed by atoms with Crippen molar-refractivity contribution in [1.29, 1.82) is 0 Å². The molecular formula is C19H28N2O4. The minimum atomic E-state index is -0.126. The highest BCUT2D eigenvalue weighted by molar-refractivity contribution is 5.78. The molecule has 6 heteroatoms. The molecule has 1 fully saturated rings. The number of likely N-dealkylation sites (tertiary alicyclic amines) is 1. The molecule has 0 bridgehead atoms. The number of hydrogen-bond acceptors (Lipinski definition) is 4. The Morgan fingerprint density at radius 3 is 2.44 bits per heavy atom. The van der Waals surface area contributed by atoms with Gasteiger partial charge < -0.3 is 19.7 Å². The van der Waals surface area contributed by atoms with Gasteiger partial charge in [0, 0.05) is 26.2 Å². The van der Waals surface area contributed by atoms with Gasteiger partial charge in [0.05, 0.1) is 0 Å². The molecule has 1 aromatic rings. The van der Waals surface area contributed by atoms with Crippen LogP contribution in [0, 0.1) is 0 Å². The number of methoxy groups -OCH3 is 1. The molecule has 1 aromatic carbocycles. The first-order valence-electron chi connectivity index (χ1n) is 8.90. The van der Waals surface area contributed by atoms with E-state index in [9.17, 15) is 9.59 Å². The second kappa shape index (κ2) is 10.0. The lowest BCUT2D eigenvalue weighted by molar-refractivity contribution is -0.136. The molecule has 2 rings (SSSR count). The molecule has 1 saturated heterocycles.